The van der Waals surface area contributed by atoms with Crippen molar-refractivity contribution in [1.29, 1.82) is 0 Å². The van der Waals surface area contributed by atoms with Crippen LogP contribution in [-0.2, 0) is 14.3 Å². The highest BCUT2D eigenvalue weighted by Crippen LogP contribution is 2.34. The number of fused-ring (bicyclic) bond motifs is 1. The Hall–Kier alpha value is -3.55. The van der Waals surface area contributed by atoms with Crippen LogP contribution >= 0.6 is 0 Å². The molecule has 0 aromatic heterocycles. The fourth-order valence-corrected chi connectivity index (χ4v) is 2.19. The van der Waals surface area contributed by atoms with E-state index in [9.17, 15) is 14.4 Å². The zero-order valence-corrected chi connectivity index (χ0v) is 13.2. The van der Waals surface area contributed by atoms with E-state index >= 15 is 0 Å². The van der Waals surface area contributed by atoms with E-state index in [4.69, 9.17) is 9.47 Å². The highest BCUT2D eigenvalue weighted by Gasteiger charge is 2.18. The predicted octanol–water partition coefficient (Wildman–Crippen LogP) is 1.78. The largest absolute Gasteiger partial charge is 0.465 e. The maximum absolute atomic E-state index is 12.0. The standard InChI is InChI=1S/C17H14N2O6/c1-23-17(22)10-3-2-4-11(7-10)18-15(20)16(21)19-12-5-6-13-14(8-12)25-9-24-13/h2-8H,9H2,1H3,(H,18,20)(H,19,21). The van der Waals surface area contributed by atoms with Gasteiger partial charge in [-0.15, -0.1) is 0 Å². The summed E-state index contributed by atoms with van der Waals surface area (Å²) in [6.07, 6.45) is 0. The molecule has 0 saturated heterocycles. The molecule has 2 amide bonds. The number of benzene rings is 2. The summed E-state index contributed by atoms with van der Waals surface area (Å²) in [7, 11) is 1.26. The van der Waals surface area contributed by atoms with Crippen LogP contribution in [0.4, 0.5) is 11.4 Å². The quantitative estimate of drug-likeness (QED) is 0.651. The molecule has 3 rings (SSSR count). The van der Waals surface area contributed by atoms with Crippen molar-refractivity contribution in [1.82, 2.24) is 0 Å². The molecule has 8 heteroatoms. The van der Waals surface area contributed by atoms with Crippen LogP contribution in [0.3, 0.4) is 0 Å². The summed E-state index contributed by atoms with van der Waals surface area (Å²) in [5.41, 5.74) is 0.956. The lowest BCUT2D eigenvalue weighted by atomic mass is 10.2. The number of nitrogens with one attached hydrogen (secondary N) is 2. The summed E-state index contributed by atoms with van der Waals surface area (Å²) in [6, 6.07) is 10.9. The highest BCUT2D eigenvalue weighted by atomic mass is 16.7. The molecular formula is C17H14N2O6. The molecule has 0 spiro atoms. The molecule has 1 aliphatic rings. The molecule has 0 aliphatic carbocycles. The average Bonchev–Trinajstić information content (AvgIpc) is 3.09. The molecule has 1 aliphatic heterocycles. The lowest BCUT2D eigenvalue weighted by Crippen LogP contribution is -2.29. The number of ether oxygens (including phenoxy) is 3. The van der Waals surface area contributed by atoms with Gasteiger partial charge in [0, 0.05) is 17.4 Å². The molecule has 0 radical (unpaired) electrons. The Morgan fingerprint density at radius 2 is 1.60 bits per heavy atom. The molecular weight excluding hydrogens is 328 g/mol. The van der Waals surface area contributed by atoms with Gasteiger partial charge in [-0.05, 0) is 30.3 Å². The number of hydrogen-bond acceptors (Lipinski definition) is 6. The summed E-state index contributed by atoms with van der Waals surface area (Å²) in [5.74, 6) is -1.21. The van der Waals surface area contributed by atoms with Crippen LogP contribution in [0.5, 0.6) is 11.5 Å². The first-order valence-corrected chi connectivity index (χ1v) is 7.27. The molecule has 25 heavy (non-hydrogen) atoms. The van der Waals surface area contributed by atoms with Crippen LogP contribution < -0.4 is 20.1 Å². The molecule has 2 N–H and O–H groups in total. The van der Waals surface area contributed by atoms with E-state index in [-0.39, 0.29) is 12.4 Å². The second kappa shape index (κ2) is 6.91. The molecule has 0 fully saturated rings. The Bertz CT molecular complexity index is 849. The summed E-state index contributed by atoms with van der Waals surface area (Å²) in [4.78, 5) is 35.5. The number of rotatable bonds is 3. The fourth-order valence-electron chi connectivity index (χ4n) is 2.19. The van der Waals surface area contributed by atoms with Gasteiger partial charge in [-0.1, -0.05) is 6.07 Å². The van der Waals surface area contributed by atoms with E-state index in [1.807, 2.05) is 0 Å². The van der Waals surface area contributed by atoms with E-state index in [0.717, 1.165) is 0 Å². The number of carbonyl (C=O) groups excluding carboxylic acids is 3. The van der Waals surface area contributed by atoms with Crippen molar-refractivity contribution in [3.05, 3.63) is 48.0 Å². The number of esters is 1. The second-order valence-electron chi connectivity index (χ2n) is 5.05. The van der Waals surface area contributed by atoms with Crippen LogP contribution in [-0.4, -0.2) is 31.7 Å². The number of amides is 2. The van der Waals surface area contributed by atoms with E-state index < -0.39 is 17.8 Å². The van der Waals surface area contributed by atoms with E-state index in [0.29, 0.717) is 22.9 Å². The maximum atomic E-state index is 12.0. The lowest BCUT2D eigenvalue weighted by Gasteiger charge is -2.08. The third-order valence-corrected chi connectivity index (χ3v) is 3.38. The summed E-state index contributed by atoms with van der Waals surface area (Å²) in [5, 5.41) is 4.88. The van der Waals surface area contributed by atoms with Gasteiger partial charge in [0.05, 0.1) is 12.7 Å². The van der Waals surface area contributed by atoms with Crippen molar-refractivity contribution in [2.24, 2.45) is 0 Å². The van der Waals surface area contributed by atoms with Crippen LogP contribution in [0.1, 0.15) is 10.4 Å². The number of hydrogen-bond donors (Lipinski definition) is 2. The maximum Gasteiger partial charge on any atom is 0.337 e. The predicted molar refractivity (Wildman–Crippen MR) is 87.6 cm³/mol. The monoisotopic (exact) mass is 342 g/mol. The van der Waals surface area contributed by atoms with Gasteiger partial charge in [-0.25, -0.2) is 4.79 Å². The van der Waals surface area contributed by atoms with E-state index in [1.165, 1.54) is 19.2 Å². The van der Waals surface area contributed by atoms with Crippen LogP contribution in [0.15, 0.2) is 42.5 Å². The molecule has 0 atom stereocenters. The minimum atomic E-state index is -0.875. The van der Waals surface area contributed by atoms with Crippen molar-refractivity contribution in [2.45, 2.75) is 0 Å². The Morgan fingerprint density at radius 3 is 2.32 bits per heavy atom. The third kappa shape index (κ3) is 3.69. The first-order chi connectivity index (χ1) is 12.1. The van der Waals surface area contributed by atoms with Gasteiger partial charge in [0.2, 0.25) is 6.79 Å². The topological polar surface area (TPSA) is 103 Å². The van der Waals surface area contributed by atoms with E-state index in [2.05, 4.69) is 15.4 Å². The highest BCUT2D eigenvalue weighted by molar-refractivity contribution is 6.43. The first kappa shape index (κ1) is 16.3. The van der Waals surface area contributed by atoms with Crippen LogP contribution in [0.2, 0.25) is 0 Å². The lowest BCUT2D eigenvalue weighted by molar-refractivity contribution is -0.132. The second-order valence-corrected chi connectivity index (χ2v) is 5.05. The number of carbonyl (C=O) groups is 3. The van der Waals surface area contributed by atoms with Crippen molar-refractivity contribution < 1.29 is 28.6 Å². The SMILES string of the molecule is COC(=O)c1cccc(NC(=O)C(=O)Nc2ccc3c(c2)OCO3)c1. The zero-order chi connectivity index (χ0) is 17.8. The van der Waals surface area contributed by atoms with E-state index in [1.54, 1.807) is 30.3 Å². The zero-order valence-electron chi connectivity index (χ0n) is 13.2. The Balaban J connectivity index is 1.65. The molecule has 0 bridgehead atoms. The summed E-state index contributed by atoms with van der Waals surface area (Å²) >= 11 is 0. The molecule has 128 valence electrons. The Morgan fingerprint density at radius 1 is 0.920 bits per heavy atom. The van der Waals surface area contributed by atoms with Crippen molar-refractivity contribution in [3.8, 4) is 11.5 Å². The fraction of sp³-hybridized carbons (Fsp3) is 0.118. The van der Waals surface area contributed by atoms with Gasteiger partial charge in [0.25, 0.3) is 0 Å². The molecule has 8 nitrogen and oxygen atoms in total. The third-order valence-electron chi connectivity index (χ3n) is 3.38. The molecule has 0 unspecified atom stereocenters. The van der Waals surface area contributed by atoms with Gasteiger partial charge < -0.3 is 24.8 Å². The Kier molecular flexibility index (Phi) is 4.51. The molecule has 0 saturated carbocycles. The number of methoxy groups -OCH3 is 1. The number of anilines is 2. The molecule has 1 heterocycles. The molecule has 2 aromatic carbocycles. The normalized spacial score (nSPS) is 11.6. The van der Waals surface area contributed by atoms with Crippen LogP contribution in [0.25, 0.3) is 0 Å². The van der Waals surface area contributed by atoms with Crippen LogP contribution in [0, 0.1) is 0 Å². The summed E-state index contributed by atoms with van der Waals surface area (Å²) in [6.45, 7) is 0.115. The smallest absolute Gasteiger partial charge is 0.337 e. The Labute approximate surface area is 142 Å². The van der Waals surface area contributed by atoms with Crippen molar-refractivity contribution in [3.63, 3.8) is 0 Å². The summed E-state index contributed by atoms with van der Waals surface area (Å²) < 4.78 is 15.0. The van der Waals surface area contributed by atoms with Gasteiger partial charge >= 0.3 is 17.8 Å². The minimum absolute atomic E-state index is 0.115. The van der Waals surface area contributed by atoms with Gasteiger partial charge in [-0.2, -0.15) is 0 Å². The van der Waals surface area contributed by atoms with Gasteiger partial charge in [0.15, 0.2) is 11.5 Å². The minimum Gasteiger partial charge on any atom is -0.465 e. The average molecular weight is 342 g/mol. The van der Waals surface area contributed by atoms with Crippen molar-refractivity contribution >= 4 is 29.2 Å². The first-order valence-electron chi connectivity index (χ1n) is 7.27. The van der Waals surface area contributed by atoms with Gasteiger partial charge in [-0.3, -0.25) is 9.59 Å². The van der Waals surface area contributed by atoms with Crippen molar-refractivity contribution in [2.75, 3.05) is 24.5 Å². The molecule has 2 aromatic rings. The van der Waals surface area contributed by atoms with Gasteiger partial charge in [0.1, 0.15) is 0 Å².